The predicted octanol–water partition coefficient (Wildman–Crippen LogP) is 0.739. The van der Waals surface area contributed by atoms with Gasteiger partial charge in [-0.1, -0.05) is 6.07 Å². The van der Waals surface area contributed by atoms with Gasteiger partial charge in [0.15, 0.2) is 6.04 Å². The number of carboxylic acids is 1. The number of hydrogen-bond donors (Lipinski definition) is 3. The first-order valence-electron chi connectivity index (χ1n) is 6.32. The summed E-state index contributed by atoms with van der Waals surface area (Å²) < 4.78 is 0. The molecule has 0 saturated carbocycles. The first-order chi connectivity index (χ1) is 8.99. The Morgan fingerprint density at radius 2 is 1.95 bits per heavy atom. The highest BCUT2D eigenvalue weighted by atomic mass is 16.4. The minimum atomic E-state index is -1.29. The fourth-order valence-corrected chi connectivity index (χ4v) is 2.33. The summed E-state index contributed by atoms with van der Waals surface area (Å²) in [4.78, 5) is 22.9. The average molecular weight is 263 g/mol. The molecule has 3 N–H and O–H groups in total. The summed E-state index contributed by atoms with van der Waals surface area (Å²) in [6.07, 6.45) is 1.93. The first-order valence-corrected chi connectivity index (χ1v) is 6.32. The molecule has 0 fully saturated rings. The van der Waals surface area contributed by atoms with Gasteiger partial charge in [-0.3, -0.25) is 4.79 Å². The third kappa shape index (κ3) is 2.93. The standard InChI is InChI=1S/C14H17NO4/c1-8(16)12(14(18)19)15-13(17)11-6-5-9-3-2-4-10(9)7-11/h5-8,12,16H,2-4H2,1H3,(H,15,17)(H,18,19)/t8-,12+/m1/s1. The van der Waals surface area contributed by atoms with E-state index in [4.69, 9.17) is 5.11 Å². The van der Waals surface area contributed by atoms with E-state index >= 15 is 0 Å². The summed E-state index contributed by atoms with van der Waals surface area (Å²) in [6, 6.07) is 4.12. The number of aliphatic hydroxyl groups excluding tert-OH is 1. The van der Waals surface area contributed by atoms with Gasteiger partial charge in [-0.05, 0) is 49.4 Å². The molecule has 2 rings (SSSR count). The number of carboxylic acid groups (broad SMARTS) is 1. The molecule has 0 aliphatic heterocycles. The van der Waals surface area contributed by atoms with E-state index in [1.165, 1.54) is 12.5 Å². The molecule has 102 valence electrons. The molecule has 0 spiro atoms. The van der Waals surface area contributed by atoms with Gasteiger partial charge in [0.05, 0.1) is 6.10 Å². The second-order valence-electron chi connectivity index (χ2n) is 4.87. The van der Waals surface area contributed by atoms with Crippen LogP contribution in [-0.2, 0) is 17.6 Å². The van der Waals surface area contributed by atoms with E-state index in [1.54, 1.807) is 12.1 Å². The van der Waals surface area contributed by atoms with Crippen molar-refractivity contribution < 1.29 is 19.8 Å². The van der Waals surface area contributed by atoms with Crippen molar-refractivity contribution in [2.45, 2.75) is 38.3 Å². The molecule has 19 heavy (non-hydrogen) atoms. The number of aliphatic carboxylic acids is 1. The summed E-state index contributed by atoms with van der Waals surface area (Å²) in [7, 11) is 0. The third-order valence-corrected chi connectivity index (χ3v) is 3.40. The smallest absolute Gasteiger partial charge is 0.328 e. The maximum atomic E-state index is 12.0. The Morgan fingerprint density at radius 3 is 2.58 bits per heavy atom. The van der Waals surface area contributed by atoms with Crippen LogP contribution in [0, 0.1) is 0 Å². The Labute approximate surface area is 111 Å². The summed E-state index contributed by atoms with van der Waals surface area (Å²) in [6.45, 7) is 1.34. The van der Waals surface area contributed by atoms with Crippen molar-refractivity contribution in [1.29, 1.82) is 0 Å². The summed E-state index contributed by atoms with van der Waals surface area (Å²) in [5.41, 5.74) is 2.84. The van der Waals surface area contributed by atoms with Crippen molar-refractivity contribution in [3.8, 4) is 0 Å². The molecule has 2 atom stereocenters. The highest BCUT2D eigenvalue weighted by molar-refractivity contribution is 5.97. The Hall–Kier alpha value is -1.88. The Balaban J connectivity index is 2.13. The van der Waals surface area contributed by atoms with E-state index < -0.39 is 24.0 Å². The molecule has 5 nitrogen and oxygen atoms in total. The molecule has 5 heteroatoms. The van der Waals surface area contributed by atoms with Crippen LogP contribution in [-0.4, -0.2) is 34.2 Å². The van der Waals surface area contributed by atoms with E-state index in [1.807, 2.05) is 6.07 Å². The molecule has 0 heterocycles. The second-order valence-corrected chi connectivity index (χ2v) is 4.87. The molecule has 1 aliphatic carbocycles. The number of benzene rings is 1. The van der Waals surface area contributed by atoms with Crippen LogP contribution in [0.3, 0.4) is 0 Å². The van der Waals surface area contributed by atoms with Crippen LogP contribution in [0.1, 0.15) is 34.8 Å². The van der Waals surface area contributed by atoms with Gasteiger partial charge in [0.1, 0.15) is 0 Å². The number of hydrogen-bond acceptors (Lipinski definition) is 3. The zero-order valence-electron chi connectivity index (χ0n) is 10.7. The lowest BCUT2D eigenvalue weighted by atomic mass is 10.1. The van der Waals surface area contributed by atoms with Gasteiger partial charge in [0.25, 0.3) is 5.91 Å². The molecule has 0 aromatic heterocycles. The van der Waals surface area contributed by atoms with E-state index in [-0.39, 0.29) is 0 Å². The quantitative estimate of drug-likeness (QED) is 0.747. The fourth-order valence-electron chi connectivity index (χ4n) is 2.33. The monoisotopic (exact) mass is 263 g/mol. The minimum Gasteiger partial charge on any atom is -0.480 e. The molecular weight excluding hydrogens is 246 g/mol. The number of aryl methyl sites for hydroxylation is 2. The summed E-state index contributed by atoms with van der Waals surface area (Å²) in [5, 5.41) is 20.6. The molecule has 1 amide bonds. The maximum Gasteiger partial charge on any atom is 0.328 e. The maximum absolute atomic E-state index is 12.0. The van der Waals surface area contributed by atoms with Crippen LogP contribution in [0.5, 0.6) is 0 Å². The molecule has 0 bridgehead atoms. The van der Waals surface area contributed by atoms with E-state index in [0.717, 1.165) is 24.8 Å². The van der Waals surface area contributed by atoms with E-state index in [0.29, 0.717) is 5.56 Å². The van der Waals surface area contributed by atoms with Crippen molar-refractivity contribution in [3.63, 3.8) is 0 Å². The highest BCUT2D eigenvalue weighted by Gasteiger charge is 2.25. The lowest BCUT2D eigenvalue weighted by Gasteiger charge is -2.17. The Bertz CT molecular complexity index is 510. The van der Waals surface area contributed by atoms with E-state index in [9.17, 15) is 14.7 Å². The molecule has 1 aromatic rings. The number of carbonyl (C=O) groups is 2. The first kappa shape index (κ1) is 13.5. The van der Waals surface area contributed by atoms with Crippen molar-refractivity contribution in [1.82, 2.24) is 5.32 Å². The van der Waals surface area contributed by atoms with Crippen LogP contribution in [0.4, 0.5) is 0 Å². The summed E-state index contributed by atoms with van der Waals surface area (Å²) in [5.74, 6) is -1.72. The highest BCUT2D eigenvalue weighted by Crippen LogP contribution is 2.22. The van der Waals surface area contributed by atoms with Gasteiger partial charge >= 0.3 is 5.97 Å². The lowest BCUT2D eigenvalue weighted by Crippen LogP contribution is -2.47. The van der Waals surface area contributed by atoms with Crippen molar-refractivity contribution >= 4 is 11.9 Å². The lowest BCUT2D eigenvalue weighted by molar-refractivity contribution is -0.141. The molecule has 1 aliphatic rings. The van der Waals surface area contributed by atoms with Crippen molar-refractivity contribution in [3.05, 3.63) is 34.9 Å². The van der Waals surface area contributed by atoms with Crippen molar-refractivity contribution in [2.75, 3.05) is 0 Å². The molecule has 1 aromatic carbocycles. The molecule has 0 radical (unpaired) electrons. The average Bonchev–Trinajstić information content (AvgIpc) is 2.81. The number of carbonyl (C=O) groups excluding carboxylic acids is 1. The summed E-state index contributed by atoms with van der Waals surface area (Å²) >= 11 is 0. The Morgan fingerprint density at radius 1 is 1.26 bits per heavy atom. The fraction of sp³-hybridized carbons (Fsp3) is 0.429. The zero-order chi connectivity index (χ0) is 14.0. The predicted molar refractivity (Wildman–Crippen MR) is 69.0 cm³/mol. The number of aliphatic hydroxyl groups is 1. The van der Waals surface area contributed by atoms with Crippen LogP contribution in [0.25, 0.3) is 0 Å². The molecule has 0 saturated heterocycles. The van der Waals surface area contributed by atoms with Crippen molar-refractivity contribution in [2.24, 2.45) is 0 Å². The van der Waals surface area contributed by atoms with Crippen LogP contribution in [0.2, 0.25) is 0 Å². The number of fused-ring (bicyclic) bond motifs is 1. The SMILES string of the molecule is C[C@@H](O)[C@H](NC(=O)c1ccc2c(c1)CCC2)C(=O)O. The van der Waals surface area contributed by atoms with Gasteiger partial charge in [0, 0.05) is 5.56 Å². The Kier molecular flexibility index (Phi) is 3.85. The second kappa shape index (κ2) is 5.40. The van der Waals surface area contributed by atoms with Crippen LogP contribution in [0.15, 0.2) is 18.2 Å². The van der Waals surface area contributed by atoms with Crippen LogP contribution >= 0.6 is 0 Å². The van der Waals surface area contributed by atoms with E-state index in [2.05, 4.69) is 5.32 Å². The largest absolute Gasteiger partial charge is 0.480 e. The zero-order valence-corrected chi connectivity index (χ0v) is 10.7. The van der Waals surface area contributed by atoms with Gasteiger partial charge in [0.2, 0.25) is 0 Å². The van der Waals surface area contributed by atoms with Crippen LogP contribution < -0.4 is 5.32 Å². The topological polar surface area (TPSA) is 86.6 Å². The molecular formula is C14H17NO4. The molecule has 0 unspecified atom stereocenters. The van der Waals surface area contributed by atoms with Gasteiger partial charge < -0.3 is 15.5 Å². The number of rotatable bonds is 4. The normalized spacial score (nSPS) is 16.5. The van der Waals surface area contributed by atoms with Gasteiger partial charge in [-0.2, -0.15) is 0 Å². The van der Waals surface area contributed by atoms with Gasteiger partial charge in [-0.15, -0.1) is 0 Å². The number of nitrogens with one attached hydrogen (secondary N) is 1. The number of amides is 1. The minimum absolute atomic E-state index is 0.438. The van der Waals surface area contributed by atoms with Gasteiger partial charge in [-0.25, -0.2) is 4.79 Å². The third-order valence-electron chi connectivity index (χ3n) is 3.40.